The van der Waals surface area contributed by atoms with Crippen molar-refractivity contribution in [2.45, 2.75) is 71.8 Å². The summed E-state index contributed by atoms with van der Waals surface area (Å²) in [5, 5.41) is 0. The van der Waals surface area contributed by atoms with E-state index in [2.05, 4.69) is 20.4 Å². The molecule has 21 heavy (non-hydrogen) atoms. The first kappa shape index (κ1) is 18.2. The van der Waals surface area contributed by atoms with Crippen LogP contribution in [0.5, 0.6) is 0 Å². The summed E-state index contributed by atoms with van der Waals surface area (Å²) in [4.78, 5) is 11.3. The Balaban J connectivity index is 2.26. The van der Waals surface area contributed by atoms with Crippen LogP contribution in [0.2, 0.25) is 0 Å². The van der Waals surface area contributed by atoms with Crippen molar-refractivity contribution in [2.24, 2.45) is 11.8 Å². The largest absolute Gasteiger partial charge is 0.460 e. The van der Waals surface area contributed by atoms with E-state index in [0.29, 0.717) is 30.8 Å². The first-order chi connectivity index (χ1) is 9.99. The number of rotatable bonds is 10. The van der Waals surface area contributed by atoms with E-state index in [1.165, 1.54) is 38.5 Å². The topological polar surface area (TPSA) is 35.5 Å². The maximum Gasteiger partial charge on any atom is 0.333 e. The van der Waals surface area contributed by atoms with Crippen LogP contribution in [-0.2, 0) is 14.3 Å². The van der Waals surface area contributed by atoms with Crippen LogP contribution in [0.15, 0.2) is 12.2 Å². The van der Waals surface area contributed by atoms with Crippen molar-refractivity contribution in [3.63, 3.8) is 0 Å². The normalized spacial score (nSPS) is 17.1. The number of esters is 1. The molecular weight excluding hydrogens is 264 g/mol. The fourth-order valence-electron chi connectivity index (χ4n) is 2.88. The van der Waals surface area contributed by atoms with Crippen molar-refractivity contribution in [3.05, 3.63) is 12.2 Å². The van der Waals surface area contributed by atoms with Crippen LogP contribution in [0.3, 0.4) is 0 Å². The molecule has 0 aromatic carbocycles. The van der Waals surface area contributed by atoms with Gasteiger partial charge in [-0.3, -0.25) is 0 Å². The summed E-state index contributed by atoms with van der Waals surface area (Å²) in [5.41, 5.74) is 0.442. The van der Waals surface area contributed by atoms with Crippen LogP contribution in [0.25, 0.3) is 0 Å². The second-order valence-corrected chi connectivity index (χ2v) is 6.77. The predicted molar refractivity (Wildman–Crippen MR) is 86.2 cm³/mol. The molecule has 1 aliphatic carbocycles. The Kier molecular flexibility index (Phi) is 8.67. The van der Waals surface area contributed by atoms with Gasteiger partial charge in [-0.1, -0.05) is 46.1 Å². The van der Waals surface area contributed by atoms with E-state index in [9.17, 15) is 4.79 Å². The highest BCUT2D eigenvalue weighted by molar-refractivity contribution is 5.86. The first-order valence-corrected chi connectivity index (χ1v) is 8.43. The third kappa shape index (κ3) is 8.25. The van der Waals surface area contributed by atoms with Crippen LogP contribution in [0.4, 0.5) is 0 Å². The highest BCUT2D eigenvalue weighted by atomic mass is 16.6. The summed E-state index contributed by atoms with van der Waals surface area (Å²) in [6, 6.07) is 0. The molecule has 0 amide bonds. The molecule has 1 aliphatic rings. The molecule has 1 atom stereocenters. The minimum atomic E-state index is -0.326. The van der Waals surface area contributed by atoms with Crippen LogP contribution >= 0.6 is 0 Å². The minimum absolute atomic E-state index is 0.319. The average molecular weight is 296 g/mol. The molecule has 1 saturated carbocycles. The number of hydrogen-bond acceptors (Lipinski definition) is 3. The van der Waals surface area contributed by atoms with Crippen molar-refractivity contribution in [3.8, 4) is 0 Å². The third-order valence-electron chi connectivity index (χ3n) is 4.16. The van der Waals surface area contributed by atoms with Crippen LogP contribution < -0.4 is 0 Å². The molecule has 0 spiro atoms. The van der Waals surface area contributed by atoms with Crippen molar-refractivity contribution in [1.82, 2.24) is 0 Å². The molecule has 0 N–H and O–H groups in total. The summed E-state index contributed by atoms with van der Waals surface area (Å²) in [5.74, 6) is 1.22. The van der Waals surface area contributed by atoms with Gasteiger partial charge in [0.15, 0.2) is 0 Å². The summed E-state index contributed by atoms with van der Waals surface area (Å²) in [6.07, 6.45) is 9.25. The quantitative estimate of drug-likeness (QED) is 0.338. The maximum absolute atomic E-state index is 11.3. The molecule has 0 bridgehead atoms. The van der Waals surface area contributed by atoms with Gasteiger partial charge < -0.3 is 9.47 Å². The summed E-state index contributed by atoms with van der Waals surface area (Å²) >= 11 is 0. The molecule has 1 unspecified atom stereocenters. The van der Waals surface area contributed by atoms with E-state index in [1.54, 1.807) is 6.92 Å². The number of ether oxygens (including phenoxy) is 2. The third-order valence-corrected chi connectivity index (χ3v) is 4.16. The number of carbonyl (C=O) groups excluding carboxylic acids is 1. The summed E-state index contributed by atoms with van der Waals surface area (Å²) in [7, 11) is 0. The lowest BCUT2D eigenvalue weighted by atomic mass is 9.95. The van der Waals surface area contributed by atoms with Gasteiger partial charge in [0.2, 0.25) is 0 Å². The van der Waals surface area contributed by atoms with Gasteiger partial charge >= 0.3 is 5.97 Å². The monoisotopic (exact) mass is 296 g/mol. The maximum atomic E-state index is 11.3. The van der Waals surface area contributed by atoms with Crippen molar-refractivity contribution in [1.29, 1.82) is 0 Å². The van der Waals surface area contributed by atoms with Gasteiger partial charge in [0.05, 0.1) is 12.7 Å². The highest BCUT2D eigenvalue weighted by Crippen LogP contribution is 2.30. The second-order valence-electron chi connectivity index (χ2n) is 6.77. The van der Waals surface area contributed by atoms with Crippen molar-refractivity contribution < 1.29 is 14.3 Å². The zero-order valence-electron chi connectivity index (χ0n) is 14.0. The van der Waals surface area contributed by atoms with Crippen LogP contribution in [0.1, 0.15) is 65.7 Å². The van der Waals surface area contributed by atoms with E-state index in [-0.39, 0.29) is 5.97 Å². The van der Waals surface area contributed by atoms with Gasteiger partial charge in [-0.25, -0.2) is 4.79 Å². The summed E-state index contributed by atoms with van der Waals surface area (Å²) < 4.78 is 11.1. The van der Waals surface area contributed by atoms with Gasteiger partial charge in [0.25, 0.3) is 0 Å². The fraction of sp³-hybridized carbons (Fsp3) is 0.833. The molecule has 0 aliphatic heterocycles. The van der Waals surface area contributed by atoms with E-state index in [1.807, 2.05) is 0 Å². The van der Waals surface area contributed by atoms with Gasteiger partial charge in [-0.05, 0) is 38.0 Å². The molecule has 0 saturated heterocycles. The van der Waals surface area contributed by atoms with E-state index in [0.717, 1.165) is 12.3 Å². The lowest BCUT2D eigenvalue weighted by Gasteiger charge is -2.22. The van der Waals surface area contributed by atoms with Gasteiger partial charge in [-0.2, -0.15) is 0 Å². The van der Waals surface area contributed by atoms with Crippen LogP contribution in [-0.4, -0.2) is 25.3 Å². The second kappa shape index (κ2) is 9.99. The molecular formula is C18H32O3. The molecule has 1 fully saturated rings. The average Bonchev–Trinajstić information content (AvgIpc) is 2.92. The zero-order valence-corrected chi connectivity index (χ0v) is 14.0. The predicted octanol–water partition coefficient (Wildman–Crippen LogP) is 4.51. The van der Waals surface area contributed by atoms with E-state index < -0.39 is 0 Å². The molecule has 0 radical (unpaired) electrons. The van der Waals surface area contributed by atoms with Gasteiger partial charge in [0.1, 0.15) is 6.61 Å². The molecule has 3 nitrogen and oxygen atoms in total. The van der Waals surface area contributed by atoms with Crippen LogP contribution in [0, 0.1) is 11.8 Å². The summed E-state index contributed by atoms with van der Waals surface area (Å²) in [6.45, 7) is 10.6. The minimum Gasteiger partial charge on any atom is -0.460 e. The Morgan fingerprint density at radius 2 is 1.86 bits per heavy atom. The van der Waals surface area contributed by atoms with Gasteiger partial charge in [0, 0.05) is 5.57 Å². The first-order valence-electron chi connectivity index (χ1n) is 8.43. The zero-order chi connectivity index (χ0) is 15.7. The highest BCUT2D eigenvalue weighted by Gasteiger charge is 2.21. The lowest BCUT2D eigenvalue weighted by Crippen LogP contribution is -2.21. The fourth-order valence-corrected chi connectivity index (χ4v) is 2.88. The molecule has 0 aromatic rings. The molecule has 0 heterocycles. The Morgan fingerprint density at radius 1 is 1.19 bits per heavy atom. The molecule has 0 aromatic heterocycles. The van der Waals surface area contributed by atoms with Crippen molar-refractivity contribution >= 4 is 5.97 Å². The van der Waals surface area contributed by atoms with E-state index in [4.69, 9.17) is 9.47 Å². The van der Waals surface area contributed by atoms with E-state index >= 15 is 0 Å². The SMILES string of the molecule is C=C(C)C(=O)OCCOC(CCC(C)C)CC1CCCC1. The molecule has 3 heteroatoms. The lowest BCUT2D eigenvalue weighted by molar-refractivity contribution is -0.141. The Labute approximate surface area is 130 Å². The standard InChI is InChI=1S/C18H32O3/c1-14(2)9-10-17(13-16-7-5-6-8-16)20-11-12-21-18(19)15(3)4/h14,16-17H,3,5-13H2,1-2,4H3. The Morgan fingerprint density at radius 3 is 2.43 bits per heavy atom. The molecule has 122 valence electrons. The molecule has 1 rings (SSSR count). The van der Waals surface area contributed by atoms with Crippen molar-refractivity contribution in [2.75, 3.05) is 13.2 Å². The smallest absolute Gasteiger partial charge is 0.333 e. The number of carbonyl (C=O) groups is 1. The number of hydrogen-bond donors (Lipinski definition) is 0. The van der Waals surface area contributed by atoms with Gasteiger partial charge in [-0.15, -0.1) is 0 Å². The Bertz CT molecular complexity index is 316. The Hall–Kier alpha value is -0.830.